The molecule has 4 fully saturated rings. The molecule has 3 N–H and O–H groups in total. The van der Waals surface area contributed by atoms with Crippen molar-refractivity contribution in [2.45, 2.75) is 89.2 Å². The van der Waals surface area contributed by atoms with Gasteiger partial charge in [0.15, 0.2) is 11.5 Å². The molecule has 7 atom stereocenters. The summed E-state index contributed by atoms with van der Waals surface area (Å²) in [4.78, 5) is 46.2. The number of benzene rings is 1. The number of amides is 3. The Morgan fingerprint density at radius 3 is 2.59 bits per heavy atom. The lowest BCUT2D eigenvalue weighted by Gasteiger charge is -2.39. The van der Waals surface area contributed by atoms with Crippen LogP contribution >= 0.6 is 0 Å². The molecule has 0 radical (unpaired) electrons. The predicted octanol–water partition coefficient (Wildman–Crippen LogP) is -0.140. The maximum atomic E-state index is 14.1. The van der Waals surface area contributed by atoms with Gasteiger partial charge in [0.2, 0.25) is 24.5 Å². The second-order valence-corrected chi connectivity index (χ2v) is 13.8. The summed E-state index contributed by atoms with van der Waals surface area (Å²) >= 11 is 0. The standard InChI is InChI=1S/C31H44N4O9/c1-31(2,3)11-27(37)35-15-20-14-33(6-7-41-20)30(40)21-9-19(32-26(36)10-24-28(38)29(39)25(16-35)44-24)13-34(21)12-18-4-5-22-23(8-18)43-17-42-22/h4-5,8,19-21,24-25,28-29,38-39H,6-7,9-17H2,1-3H3,(H,32,36)/t19-,20-,21-,24-,25+,28-,29+/m0/s1. The molecule has 242 valence electrons. The van der Waals surface area contributed by atoms with Crippen LogP contribution in [-0.4, -0.2) is 131 Å². The van der Waals surface area contributed by atoms with Crippen molar-refractivity contribution in [3.63, 3.8) is 0 Å². The lowest BCUT2D eigenvalue weighted by Crippen LogP contribution is -2.55. The van der Waals surface area contributed by atoms with Gasteiger partial charge in [-0.15, -0.1) is 0 Å². The van der Waals surface area contributed by atoms with E-state index in [1.807, 2.05) is 39.0 Å². The van der Waals surface area contributed by atoms with Gasteiger partial charge in [0.1, 0.15) is 18.3 Å². The lowest BCUT2D eigenvalue weighted by atomic mass is 9.91. The van der Waals surface area contributed by atoms with Crippen molar-refractivity contribution in [2.24, 2.45) is 5.41 Å². The number of nitrogens with zero attached hydrogens (tertiary/aromatic N) is 3. The average molecular weight is 617 g/mol. The van der Waals surface area contributed by atoms with E-state index in [2.05, 4.69) is 10.2 Å². The van der Waals surface area contributed by atoms with Crippen LogP contribution in [0.2, 0.25) is 0 Å². The molecule has 13 heteroatoms. The highest BCUT2D eigenvalue weighted by Crippen LogP contribution is 2.34. The third-order valence-electron chi connectivity index (χ3n) is 9.03. The van der Waals surface area contributed by atoms with E-state index >= 15 is 0 Å². The van der Waals surface area contributed by atoms with Crippen LogP contribution in [-0.2, 0) is 30.4 Å². The molecular formula is C31H44N4O9. The van der Waals surface area contributed by atoms with Crippen LogP contribution in [0.5, 0.6) is 11.5 Å². The molecule has 5 aliphatic rings. The monoisotopic (exact) mass is 616 g/mol. The van der Waals surface area contributed by atoms with Gasteiger partial charge in [-0.05, 0) is 29.5 Å². The van der Waals surface area contributed by atoms with Crippen LogP contribution in [0.4, 0.5) is 0 Å². The summed E-state index contributed by atoms with van der Waals surface area (Å²) in [5, 5.41) is 24.7. The van der Waals surface area contributed by atoms with Gasteiger partial charge in [0.25, 0.3) is 0 Å². The molecule has 6 rings (SSSR count). The van der Waals surface area contributed by atoms with Crippen molar-refractivity contribution in [2.75, 3.05) is 46.1 Å². The van der Waals surface area contributed by atoms with E-state index in [9.17, 15) is 24.6 Å². The lowest BCUT2D eigenvalue weighted by molar-refractivity contribution is -0.148. The second kappa shape index (κ2) is 12.4. The number of likely N-dealkylation sites (tertiary alicyclic amines) is 1. The highest BCUT2D eigenvalue weighted by atomic mass is 16.7. The van der Waals surface area contributed by atoms with E-state index in [-0.39, 0.29) is 61.9 Å². The fourth-order valence-corrected chi connectivity index (χ4v) is 6.88. The minimum absolute atomic E-state index is 0.0353. The zero-order valence-electron chi connectivity index (χ0n) is 25.6. The molecule has 4 saturated heterocycles. The quantitative estimate of drug-likeness (QED) is 0.419. The molecular weight excluding hydrogens is 572 g/mol. The second-order valence-electron chi connectivity index (χ2n) is 13.8. The van der Waals surface area contributed by atoms with Gasteiger partial charge < -0.3 is 44.3 Å². The highest BCUT2D eigenvalue weighted by molar-refractivity contribution is 5.83. The van der Waals surface area contributed by atoms with Gasteiger partial charge in [-0.3, -0.25) is 19.3 Å². The number of rotatable bonds is 3. The molecule has 1 aromatic carbocycles. The van der Waals surface area contributed by atoms with Crippen LogP contribution < -0.4 is 14.8 Å². The maximum Gasteiger partial charge on any atom is 0.240 e. The molecule has 0 aliphatic carbocycles. The van der Waals surface area contributed by atoms with Crippen LogP contribution in [0.3, 0.4) is 0 Å². The number of hydrogen-bond acceptors (Lipinski definition) is 10. The Hall–Kier alpha value is -2.97. The Kier molecular flexibility index (Phi) is 8.77. The Morgan fingerprint density at radius 2 is 1.80 bits per heavy atom. The smallest absolute Gasteiger partial charge is 0.240 e. The predicted molar refractivity (Wildman–Crippen MR) is 156 cm³/mol. The highest BCUT2D eigenvalue weighted by Gasteiger charge is 2.46. The SMILES string of the molecule is CC(C)(C)CC(=O)N1C[C@@H]2CN(CCO2)C(=O)[C@@H]2C[C@@H](CN2Cc2ccc3c(c2)OCO3)NC(=O)C[C@@H]2O[C@H](C1)[C@@H](O)[C@H]2O. The first-order valence-corrected chi connectivity index (χ1v) is 15.6. The number of fused-ring (bicyclic) bond motifs is 7. The summed E-state index contributed by atoms with van der Waals surface area (Å²) in [5.41, 5.74) is 0.678. The molecule has 0 unspecified atom stereocenters. The summed E-state index contributed by atoms with van der Waals surface area (Å²) in [6, 6.07) is 4.96. The van der Waals surface area contributed by atoms with Gasteiger partial charge in [-0.2, -0.15) is 0 Å². The summed E-state index contributed by atoms with van der Waals surface area (Å²) in [7, 11) is 0. The topological polar surface area (TPSA) is 150 Å². The first-order chi connectivity index (χ1) is 20.9. The largest absolute Gasteiger partial charge is 0.454 e. The summed E-state index contributed by atoms with van der Waals surface area (Å²) in [6.07, 6.45) is -4.22. The molecule has 5 aliphatic heterocycles. The minimum atomic E-state index is -1.28. The van der Waals surface area contributed by atoms with Crippen molar-refractivity contribution in [1.82, 2.24) is 20.0 Å². The van der Waals surface area contributed by atoms with E-state index in [0.717, 1.165) is 5.56 Å². The fourth-order valence-electron chi connectivity index (χ4n) is 6.88. The molecule has 3 amide bonds. The Morgan fingerprint density at radius 1 is 1.02 bits per heavy atom. The van der Waals surface area contributed by atoms with E-state index < -0.39 is 36.6 Å². The van der Waals surface area contributed by atoms with E-state index in [4.69, 9.17) is 18.9 Å². The maximum absolute atomic E-state index is 14.1. The number of hydrogen-bond donors (Lipinski definition) is 3. The molecule has 0 aromatic heterocycles. The normalized spacial score (nSPS) is 33.1. The van der Waals surface area contributed by atoms with Gasteiger partial charge in [0, 0.05) is 51.7 Å². The fraction of sp³-hybridized carbons (Fsp3) is 0.710. The van der Waals surface area contributed by atoms with E-state index in [1.54, 1.807) is 9.80 Å². The zero-order valence-corrected chi connectivity index (χ0v) is 25.6. The van der Waals surface area contributed by atoms with E-state index in [0.29, 0.717) is 50.7 Å². The van der Waals surface area contributed by atoms with Crippen LogP contribution in [0.25, 0.3) is 0 Å². The number of carbonyl (C=O) groups excluding carboxylic acids is 3. The zero-order chi connectivity index (χ0) is 31.2. The Labute approximate surface area is 257 Å². The molecule has 0 spiro atoms. The van der Waals surface area contributed by atoms with Crippen molar-refractivity contribution in [1.29, 1.82) is 0 Å². The molecule has 44 heavy (non-hydrogen) atoms. The van der Waals surface area contributed by atoms with Gasteiger partial charge in [0.05, 0.1) is 31.3 Å². The first kappa shape index (κ1) is 31.0. The number of aliphatic hydroxyl groups is 2. The van der Waals surface area contributed by atoms with E-state index in [1.165, 1.54) is 0 Å². The van der Waals surface area contributed by atoms with Crippen LogP contribution in [0.1, 0.15) is 45.6 Å². The Balaban J connectivity index is 1.26. The minimum Gasteiger partial charge on any atom is -0.454 e. The van der Waals surface area contributed by atoms with Crippen molar-refractivity contribution in [3.8, 4) is 11.5 Å². The van der Waals surface area contributed by atoms with Crippen LogP contribution in [0.15, 0.2) is 18.2 Å². The number of aliphatic hydroxyl groups excluding tert-OH is 2. The third kappa shape index (κ3) is 6.81. The summed E-state index contributed by atoms with van der Waals surface area (Å²) in [5.74, 6) is 0.845. The molecule has 13 nitrogen and oxygen atoms in total. The average Bonchev–Trinajstić information content (AvgIpc) is 3.65. The number of ether oxygens (including phenoxy) is 4. The molecule has 5 heterocycles. The molecule has 0 saturated carbocycles. The number of carbonyl (C=O) groups is 3. The summed E-state index contributed by atoms with van der Waals surface area (Å²) in [6.45, 7) is 8.34. The van der Waals surface area contributed by atoms with Gasteiger partial charge >= 0.3 is 0 Å². The Bertz CT molecular complexity index is 1250. The van der Waals surface area contributed by atoms with Gasteiger partial charge in [-0.1, -0.05) is 26.8 Å². The van der Waals surface area contributed by atoms with Crippen molar-refractivity contribution >= 4 is 17.7 Å². The first-order valence-electron chi connectivity index (χ1n) is 15.6. The molecule has 6 bridgehead atoms. The number of morpholine rings is 1. The molecule has 1 aromatic rings. The van der Waals surface area contributed by atoms with Crippen LogP contribution in [0, 0.1) is 5.41 Å². The van der Waals surface area contributed by atoms with Crippen molar-refractivity contribution < 1.29 is 43.5 Å². The third-order valence-corrected chi connectivity index (χ3v) is 9.03. The van der Waals surface area contributed by atoms with Crippen molar-refractivity contribution in [3.05, 3.63) is 23.8 Å². The van der Waals surface area contributed by atoms with Gasteiger partial charge in [-0.25, -0.2) is 0 Å². The number of nitrogens with one attached hydrogen (secondary N) is 1. The summed E-state index contributed by atoms with van der Waals surface area (Å²) < 4.78 is 23.1.